The van der Waals surface area contributed by atoms with Gasteiger partial charge in [-0.15, -0.1) is 16.4 Å². The van der Waals surface area contributed by atoms with E-state index >= 15 is 0 Å². The fraction of sp³-hybridized carbons (Fsp3) is 0.471. The van der Waals surface area contributed by atoms with Gasteiger partial charge in [-0.1, -0.05) is 6.42 Å². The van der Waals surface area contributed by atoms with E-state index in [4.69, 9.17) is 9.15 Å². The third-order valence-corrected chi connectivity index (χ3v) is 4.94. The molecule has 0 aliphatic heterocycles. The first-order valence-corrected chi connectivity index (χ1v) is 9.00. The molecule has 1 aliphatic carbocycles. The standard InChI is InChI=1S/C17H21N3O3S/c1-22-16(21)10-14-12-24-17(19-18-13-6-3-2-4-7-13)20(14)11-15-8-5-9-23-15/h5,8-9,12H,2-4,6-7,10-11H2,1H3/b19-17-. The van der Waals surface area contributed by atoms with Crippen LogP contribution in [0.3, 0.4) is 0 Å². The summed E-state index contributed by atoms with van der Waals surface area (Å²) in [5.74, 6) is 0.539. The first kappa shape index (κ1) is 16.7. The molecule has 0 unspecified atom stereocenters. The van der Waals surface area contributed by atoms with Gasteiger partial charge in [-0.2, -0.15) is 5.10 Å². The fourth-order valence-electron chi connectivity index (χ4n) is 2.71. The van der Waals surface area contributed by atoms with Crippen molar-refractivity contribution >= 4 is 23.0 Å². The number of thiazole rings is 1. The maximum atomic E-state index is 11.6. The van der Waals surface area contributed by atoms with E-state index in [-0.39, 0.29) is 12.4 Å². The molecule has 0 atom stereocenters. The summed E-state index contributed by atoms with van der Waals surface area (Å²) in [4.78, 5) is 12.4. The van der Waals surface area contributed by atoms with Gasteiger partial charge in [-0.05, 0) is 37.8 Å². The van der Waals surface area contributed by atoms with Gasteiger partial charge in [0.15, 0.2) is 0 Å². The number of aromatic nitrogens is 1. The number of carbonyl (C=O) groups is 1. The maximum Gasteiger partial charge on any atom is 0.311 e. The van der Waals surface area contributed by atoms with E-state index in [0.717, 1.165) is 34.8 Å². The van der Waals surface area contributed by atoms with Crippen LogP contribution in [0, 0.1) is 0 Å². The largest absolute Gasteiger partial charge is 0.469 e. The summed E-state index contributed by atoms with van der Waals surface area (Å²) in [6.45, 7) is 0.520. The Morgan fingerprint density at radius 1 is 1.33 bits per heavy atom. The molecule has 6 nitrogen and oxygen atoms in total. The molecule has 128 valence electrons. The first-order chi connectivity index (χ1) is 11.8. The van der Waals surface area contributed by atoms with Crippen LogP contribution in [-0.4, -0.2) is 23.4 Å². The molecule has 24 heavy (non-hydrogen) atoms. The van der Waals surface area contributed by atoms with Crippen LogP contribution in [0.25, 0.3) is 0 Å². The molecule has 1 fully saturated rings. The minimum absolute atomic E-state index is 0.208. The average Bonchev–Trinajstić information content (AvgIpc) is 3.25. The van der Waals surface area contributed by atoms with Crippen molar-refractivity contribution in [2.75, 3.05) is 7.11 Å². The van der Waals surface area contributed by atoms with E-state index in [1.54, 1.807) is 6.26 Å². The second-order valence-corrected chi connectivity index (χ2v) is 6.59. The topological polar surface area (TPSA) is 69.1 Å². The Hall–Kier alpha value is -2.15. The zero-order valence-electron chi connectivity index (χ0n) is 13.7. The minimum atomic E-state index is -0.272. The number of esters is 1. The van der Waals surface area contributed by atoms with E-state index in [1.807, 2.05) is 22.1 Å². The first-order valence-electron chi connectivity index (χ1n) is 8.12. The lowest BCUT2D eigenvalue weighted by molar-refractivity contribution is -0.139. The van der Waals surface area contributed by atoms with Crippen molar-refractivity contribution in [3.8, 4) is 0 Å². The third-order valence-electron chi connectivity index (χ3n) is 4.03. The van der Waals surface area contributed by atoms with E-state index in [2.05, 4.69) is 10.2 Å². The molecule has 0 radical (unpaired) electrons. The van der Waals surface area contributed by atoms with E-state index in [0.29, 0.717) is 6.54 Å². The van der Waals surface area contributed by atoms with Crippen LogP contribution in [0.15, 0.2) is 38.4 Å². The van der Waals surface area contributed by atoms with Crippen LogP contribution in [0.1, 0.15) is 43.6 Å². The number of methoxy groups -OCH3 is 1. The molecule has 2 aromatic heterocycles. The highest BCUT2D eigenvalue weighted by molar-refractivity contribution is 7.07. The number of nitrogens with zero attached hydrogens (tertiary/aromatic N) is 3. The highest BCUT2D eigenvalue weighted by Gasteiger charge is 2.12. The number of hydrogen-bond acceptors (Lipinski definition) is 6. The van der Waals surface area contributed by atoms with Crippen molar-refractivity contribution in [1.29, 1.82) is 0 Å². The van der Waals surface area contributed by atoms with Crippen LogP contribution < -0.4 is 4.80 Å². The fourth-order valence-corrected chi connectivity index (χ4v) is 3.56. The van der Waals surface area contributed by atoms with E-state index in [1.165, 1.54) is 37.7 Å². The molecule has 2 heterocycles. The Morgan fingerprint density at radius 3 is 2.88 bits per heavy atom. The molecule has 0 aromatic carbocycles. The van der Waals surface area contributed by atoms with Crippen molar-refractivity contribution in [2.45, 2.75) is 45.1 Å². The molecule has 2 aromatic rings. The molecular formula is C17H21N3O3S. The van der Waals surface area contributed by atoms with Gasteiger partial charge in [-0.25, -0.2) is 0 Å². The Kier molecular flexibility index (Phi) is 5.63. The summed E-state index contributed by atoms with van der Waals surface area (Å²) in [6.07, 6.45) is 7.57. The molecule has 3 rings (SSSR count). The Balaban J connectivity index is 1.90. The van der Waals surface area contributed by atoms with Crippen LogP contribution in [0.5, 0.6) is 0 Å². The van der Waals surface area contributed by atoms with Crippen LogP contribution in [0.2, 0.25) is 0 Å². The molecule has 7 heteroatoms. The van der Waals surface area contributed by atoms with Crippen LogP contribution in [-0.2, 0) is 22.5 Å². The van der Waals surface area contributed by atoms with Gasteiger partial charge in [0.25, 0.3) is 0 Å². The summed E-state index contributed by atoms with van der Waals surface area (Å²) >= 11 is 1.48. The molecule has 0 bridgehead atoms. The van der Waals surface area contributed by atoms with Crippen LogP contribution in [0.4, 0.5) is 0 Å². The quantitative estimate of drug-likeness (QED) is 0.616. The zero-order valence-corrected chi connectivity index (χ0v) is 14.6. The lowest BCUT2D eigenvalue weighted by Gasteiger charge is -2.10. The predicted molar refractivity (Wildman–Crippen MR) is 91.9 cm³/mol. The number of ether oxygens (including phenoxy) is 1. The SMILES string of the molecule is COC(=O)Cc1cs/c(=N\N=C2CCCCC2)n1Cc1ccco1. The van der Waals surface area contributed by atoms with Crippen molar-refractivity contribution in [2.24, 2.45) is 10.2 Å². The molecule has 1 saturated carbocycles. The summed E-state index contributed by atoms with van der Waals surface area (Å²) in [6, 6.07) is 3.75. The second kappa shape index (κ2) is 8.10. The number of carbonyl (C=O) groups excluding carboxylic acids is 1. The summed E-state index contributed by atoms with van der Waals surface area (Å²) in [5, 5.41) is 10.8. The normalized spacial score (nSPS) is 15.5. The molecule has 1 aliphatic rings. The smallest absolute Gasteiger partial charge is 0.311 e. The molecule has 0 amide bonds. The number of hydrogen-bond donors (Lipinski definition) is 0. The van der Waals surface area contributed by atoms with Gasteiger partial charge in [-0.3, -0.25) is 4.79 Å². The summed E-state index contributed by atoms with van der Waals surface area (Å²) in [5.41, 5.74) is 2.01. The maximum absolute atomic E-state index is 11.6. The van der Waals surface area contributed by atoms with Crippen molar-refractivity contribution in [3.63, 3.8) is 0 Å². The molecular weight excluding hydrogens is 326 g/mol. The third kappa shape index (κ3) is 4.23. The lowest BCUT2D eigenvalue weighted by Crippen LogP contribution is -2.20. The van der Waals surface area contributed by atoms with Gasteiger partial charge in [0, 0.05) is 16.8 Å². The van der Waals surface area contributed by atoms with Gasteiger partial charge < -0.3 is 13.7 Å². The van der Waals surface area contributed by atoms with Gasteiger partial charge in [0.05, 0.1) is 26.3 Å². The molecule has 0 saturated heterocycles. The predicted octanol–water partition coefficient (Wildman–Crippen LogP) is 3.13. The van der Waals surface area contributed by atoms with Crippen molar-refractivity contribution in [1.82, 2.24) is 4.57 Å². The van der Waals surface area contributed by atoms with Crippen LogP contribution >= 0.6 is 11.3 Å². The molecule has 0 spiro atoms. The number of rotatable bonds is 5. The minimum Gasteiger partial charge on any atom is -0.469 e. The summed E-state index contributed by atoms with van der Waals surface area (Å²) < 4.78 is 12.2. The van der Waals surface area contributed by atoms with Gasteiger partial charge in [0.1, 0.15) is 5.76 Å². The zero-order chi connectivity index (χ0) is 16.8. The highest BCUT2D eigenvalue weighted by Crippen LogP contribution is 2.15. The van der Waals surface area contributed by atoms with Gasteiger partial charge >= 0.3 is 5.97 Å². The monoisotopic (exact) mass is 347 g/mol. The van der Waals surface area contributed by atoms with E-state index < -0.39 is 0 Å². The highest BCUT2D eigenvalue weighted by atomic mass is 32.1. The Labute approximate surface area is 144 Å². The van der Waals surface area contributed by atoms with Gasteiger partial charge in [0.2, 0.25) is 4.80 Å². The van der Waals surface area contributed by atoms with Crippen molar-refractivity contribution < 1.29 is 13.9 Å². The molecule has 0 N–H and O–H groups in total. The summed E-state index contributed by atoms with van der Waals surface area (Å²) in [7, 11) is 1.39. The number of furan rings is 1. The van der Waals surface area contributed by atoms with Crippen molar-refractivity contribution in [3.05, 3.63) is 40.0 Å². The van der Waals surface area contributed by atoms with E-state index in [9.17, 15) is 4.79 Å². The Bertz CT molecular complexity index is 763. The average molecular weight is 347 g/mol. The Morgan fingerprint density at radius 2 is 2.17 bits per heavy atom. The second-order valence-electron chi connectivity index (χ2n) is 5.75. The lowest BCUT2D eigenvalue weighted by atomic mass is 9.99.